The van der Waals surface area contributed by atoms with Crippen LogP contribution >= 0.6 is 23.5 Å². The van der Waals surface area contributed by atoms with Gasteiger partial charge in [-0.1, -0.05) is 55.8 Å². The molecule has 1 saturated carbocycles. The lowest BCUT2D eigenvalue weighted by atomic mass is 9.83. The highest BCUT2D eigenvalue weighted by Gasteiger charge is 2.44. The van der Waals surface area contributed by atoms with Gasteiger partial charge >= 0.3 is 0 Å². The maximum absolute atomic E-state index is 13.7. The van der Waals surface area contributed by atoms with Gasteiger partial charge in [0, 0.05) is 30.3 Å². The van der Waals surface area contributed by atoms with Gasteiger partial charge < -0.3 is 10.2 Å². The fourth-order valence-corrected chi connectivity index (χ4v) is 7.44. The Balaban J connectivity index is 1.43. The van der Waals surface area contributed by atoms with E-state index in [-0.39, 0.29) is 34.8 Å². The Morgan fingerprint density at radius 1 is 1.11 bits per heavy atom. The Morgan fingerprint density at radius 2 is 1.86 bits per heavy atom. The van der Waals surface area contributed by atoms with Crippen LogP contribution in [0, 0.1) is 11.7 Å². The zero-order valence-electron chi connectivity index (χ0n) is 21.5. The topological polar surface area (TPSA) is 49.4 Å². The standard InChI is InChI=1S/C30H37FN2O2S2/c1-2-3-17-36-18-7-16-32-29(34)24-12-15-27-26(20-24)33(21-23-10-13-25(31)14-11-23)30(35)28(37-27)19-22-8-5-4-6-9-22/h4-6,8-11,13-14,19,24,26-27H,2-3,7,12,15-18,20-21H2,1H3,(H,32,34)/b28-19-. The van der Waals surface area contributed by atoms with E-state index in [9.17, 15) is 14.0 Å². The molecule has 2 amide bonds. The number of carbonyl (C=O) groups is 2. The predicted molar refractivity (Wildman–Crippen MR) is 154 cm³/mol. The summed E-state index contributed by atoms with van der Waals surface area (Å²) in [4.78, 5) is 29.4. The van der Waals surface area contributed by atoms with E-state index in [0.717, 1.165) is 41.0 Å². The molecule has 1 saturated heterocycles. The van der Waals surface area contributed by atoms with E-state index in [1.807, 2.05) is 53.1 Å². The number of unbranched alkanes of at least 4 members (excludes halogenated alkanes) is 1. The lowest BCUT2D eigenvalue weighted by Gasteiger charge is -2.46. The molecular weight excluding hydrogens is 503 g/mol. The van der Waals surface area contributed by atoms with Crippen molar-refractivity contribution in [2.75, 3.05) is 18.1 Å². The first-order valence-electron chi connectivity index (χ1n) is 13.4. The molecule has 4 nitrogen and oxygen atoms in total. The summed E-state index contributed by atoms with van der Waals surface area (Å²) in [5, 5.41) is 3.39. The molecule has 4 rings (SSSR count). The van der Waals surface area contributed by atoms with Crippen molar-refractivity contribution < 1.29 is 14.0 Å². The SMILES string of the molecule is CCCCSCCCNC(=O)C1CCC2S/C(=C\c3ccccc3)C(=O)N(Cc3ccc(F)cc3)C2C1. The number of fused-ring (bicyclic) bond motifs is 1. The van der Waals surface area contributed by atoms with Gasteiger partial charge in [-0.05, 0) is 72.9 Å². The number of benzene rings is 2. The van der Waals surface area contributed by atoms with Crippen molar-refractivity contribution in [2.45, 2.75) is 63.3 Å². The fourth-order valence-electron chi connectivity index (χ4n) is 4.98. The highest BCUT2D eigenvalue weighted by Crippen LogP contribution is 2.44. The molecule has 2 aromatic rings. The molecule has 2 aromatic carbocycles. The number of rotatable bonds is 11. The molecule has 0 bridgehead atoms. The number of nitrogens with one attached hydrogen (secondary N) is 1. The van der Waals surface area contributed by atoms with Crippen LogP contribution in [0.3, 0.4) is 0 Å². The van der Waals surface area contributed by atoms with E-state index in [4.69, 9.17) is 0 Å². The van der Waals surface area contributed by atoms with Crippen LogP contribution in [0.25, 0.3) is 6.08 Å². The summed E-state index contributed by atoms with van der Waals surface area (Å²) in [7, 11) is 0. The van der Waals surface area contributed by atoms with Crippen LogP contribution in [0.1, 0.15) is 56.6 Å². The third kappa shape index (κ3) is 7.87. The molecule has 1 heterocycles. The highest BCUT2D eigenvalue weighted by molar-refractivity contribution is 8.04. The molecule has 0 spiro atoms. The maximum Gasteiger partial charge on any atom is 0.260 e. The number of nitrogens with zero attached hydrogens (tertiary/aromatic N) is 1. The highest BCUT2D eigenvalue weighted by atomic mass is 32.2. The third-order valence-electron chi connectivity index (χ3n) is 7.05. The molecule has 3 atom stereocenters. The van der Waals surface area contributed by atoms with Gasteiger partial charge in [-0.15, -0.1) is 11.8 Å². The van der Waals surface area contributed by atoms with Crippen molar-refractivity contribution in [1.29, 1.82) is 0 Å². The van der Waals surface area contributed by atoms with Gasteiger partial charge in [0.2, 0.25) is 5.91 Å². The van der Waals surface area contributed by atoms with Gasteiger partial charge in [0.1, 0.15) is 5.82 Å². The van der Waals surface area contributed by atoms with Gasteiger partial charge in [0.15, 0.2) is 0 Å². The van der Waals surface area contributed by atoms with Gasteiger partial charge in [-0.25, -0.2) is 4.39 Å². The minimum Gasteiger partial charge on any atom is -0.356 e. The largest absolute Gasteiger partial charge is 0.356 e. The second-order valence-electron chi connectivity index (χ2n) is 9.82. The first kappa shape index (κ1) is 27.8. The van der Waals surface area contributed by atoms with Crippen molar-refractivity contribution >= 4 is 41.4 Å². The first-order valence-corrected chi connectivity index (χ1v) is 15.4. The molecular formula is C30H37FN2O2S2. The van der Waals surface area contributed by atoms with Crippen LogP contribution in [0.4, 0.5) is 4.39 Å². The summed E-state index contributed by atoms with van der Waals surface area (Å²) in [6.07, 6.45) is 7.81. The average Bonchev–Trinajstić information content (AvgIpc) is 2.92. The molecule has 0 radical (unpaired) electrons. The minimum atomic E-state index is -0.287. The summed E-state index contributed by atoms with van der Waals surface area (Å²) in [6, 6.07) is 16.2. The van der Waals surface area contributed by atoms with Gasteiger partial charge in [-0.3, -0.25) is 9.59 Å². The van der Waals surface area contributed by atoms with Crippen molar-refractivity contribution in [2.24, 2.45) is 5.92 Å². The number of thioether (sulfide) groups is 2. The number of hydrogen-bond donors (Lipinski definition) is 1. The molecule has 2 aliphatic rings. The Bertz CT molecular complexity index is 1060. The van der Waals surface area contributed by atoms with Gasteiger partial charge in [0.25, 0.3) is 5.91 Å². The van der Waals surface area contributed by atoms with E-state index < -0.39 is 0 Å². The zero-order chi connectivity index (χ0) is 26.0. The van der Waals surface area contributed by atoms with Crippen molar-refractivity contribution in [3.05, 3.63) is 76.4 Å². The van der Waals surface area contributed by atoms with Crippen molar-refractivity contribution in [3.63, 3.8) is 0 Å². The monoisotopic (exact) mass is 540 g/mol. The summed E-state index contributed by atoms with van der Waals surface area (Å²) >= 11 is 3.61. The second-order valence-corrected chi connectivity index (χ2v) is 12.3. The molecule has 1 aliphatic carbocycles. The lowest BCUT2D eigenvalue weighted by molar-refractivity contribution is -0.133. The van der Waals surface area contributed by atoms with Crippen molar-refractivity contribution in [3.8, 4) is 0 Å². The Morgan fingerprint density at radius 3 is 2.62 bits per heavy atom. The second kappa shape index (κ2) is 14.1. The van der Waals surface area contributed by atoms with Gasteiger partial charge in [-0.2, -0.15) is 11.8 Å². The van der Waals surface area contributed by atoms with Crippen LogP contribution in [0.15, 0.2) is 59.5 Å². The summed E-state index contributed by atoms with van der Waals surface area (Å²) in [6.45, 7) is 3.32. The molecule has 37 heavy (non-hydrogen) atoms. The fraction of sp³-hybridized carbons (Fsp3) is 0.467. The quantitative estimate of drug-likeness (QED) is 0.260. The van der Waals surface area contributed by atoms with E-state index in [0.29, 0.717) is 19.5 Å². The molecule has 1 N–H and O–H groups in total. The molecule has 198 valence electrons. The normalized spacial score (nSPS) is 22.6. The average molecular weight is 541 g/mol. The molecule has 1 aliphatic heterocycles. The maximum atomic E-state index is 13.7. The number of halogens is 1. The molecule has 3 unspecified atom stereocenters. The number of amides is 2. The summed E-state index contributed by atoms with van der Waals surface area (Å²) < 4.78 is 13.5. The summed E-state index contributed by atoms with van der Waals surface area (Å²) in [5.41, 5.74) is 1.89. The van der Waals surface area contributed by atoms with Crippen LogP contribution in [-0.2, 0) is 16.1 Å². The minimum absolute atomic E-state index is 0.00964. The number of carbonyl (C=O) groups excluding carboxylic acids is 2. The van der Waals surface area contributed by atoms with E-state index >= 15 is 0 Å². The van der Waals surface area contributed by atoms with Crippen LogP contribution in [0.2, 0.25) is 0 Å². The van der Waals surface area contributed by atoms with E-state index in [2.05, 4.69) is 12.2 Å². The molecule has 7 heteroatoms. The third-order valence-corrected chi connectivity index (χ3v) is 9.60. The van der Waals surface area contributed by atoms with Gasteiger partial charge in [0.05, 0.1) is 4.91 Å². The molecule has 0 aromatic heterocycles. The summed E-state index contributed by atoms with van der Waals surface area (Å²) in [5.74, 6) is 1.99. The lowest BCUT2D eigenvalue weighted by Crippen LogP contribution is -2.53. The Kier molecular flexibility index (Phi) is 10.6. The predicted octanol–water partition coefficient (Wildman–Crippen LogP) is 6.52. The van der Waals surface area contributed by atoms with Crippen LogP contribution in [0.5, 0.6) is 0 Å². The molecule has 2 fully saturated rings. The van der Waals surface area contributed by atoms with Crippen LogP contribution in [-0.4, -0.2) is 46.1 Å². The van der Waals surface area contributed by atoms with Crippen molar-refractivity contribution in [1.82, 2.24) is 10.2 Å². The Labute approximate surface area is 228 Å². The Hall–Kier alpha value is -2.25. The smallest absolute Gasteiger partial charge is 0.260 e. The van der Waals surface area contributed by atoms with Crippen LogP contribution < -0.4 is 5.32 Å². The number of hydrogen-bond acceptors (Lipinski definition) is 4. The van der Waals surface area contributed by atoms with E-state index in [1.54, 1.807) is 23.9 Å². The zero-order valence-corrected chi connectivity index (χ0v) is 23.2. The first-order chi connectivity index (χ1) is 18.0. The van der Waals surface area contributed by atoms with E-state index in [1.165, 1.54) is 30.7 Å².